The molecule has 0 spiro atoms. The summed E-state index contributed by atoms with van der Waals surface area (Å²) in [5, 5.41) is 0.256. The minimum atomic E-state index is 0.256. The zero-order chi connectivity index (χ0) is 13.0. The molecule has 1 saturated heterocycles. The molecule has 2 aliphatic rings. The van der Waals surface area contributed by atoms with Gasteiger partial charge < -0.3 is 4.90 Å². The molecule has 0 aromatic carbocycles. The average Bonchev–Trinajstić information content (AvgIpc) is 2.31. The fraction of sp³-hybridized carbons (Fsp3) is 0.933. The highest BCUT2D eigenvalue weighted by Crippen LogP contribution is 2.27. The molecule has 1 amide bonds. The Morgan fingerprint density at radius 3 is 2.28 bits per heavy atom. The summed E-state index contributed by atoms with van der Waals surface area (Å²) in [6.07, 6.45) is 9.61. The third-order valence-electron chi connectivity index (χ3n) is 4.57. The molecular formula is C15H26ClNO. The number of amides is 1. The number of piperidine rings is 1. The van der Waals surface area contributed by atoms with Gasteiger partial charge in [0.25, 0.3) is 0 Å². The molecule has 2 atom stereocenters. The molecular weight excluding hydrogens is 246 g/mol. The van der Waals surface area contributed by atoms with E-state index in [1.165, 1.54) is 32.1 Å². The molecule has 0 aromatic heterocycles. The highest BCUT2D eigenvalue weighted by Gasteiger charge is 2.30. The van der Waals surface area contributed by atoms with Crippen LogP contribution in [-0.2, 0) is 4.79 Å². The SMILES string of the molecule is CC1CN(C(=O)C2CCCCCCC2)CCC1Cl. The van der Waals surface area contributed by atoms with Crippen molar-refractivity contribution in [3.8, 4) is 0 Å². The largest absolute Gasteiger partial charge is 0.342 e. The number of rotatable bonds is 1. The number of hydrogen-bond acceptors (Lipinski definition) is 1. The molecule has 0 bridgehead atoms. The number of carbonyl (C=O) groups is 1. The summed E-state index contributed by atoms with van der Waals surface area (Å²) in [5.74, 6) is 1.15. The average molecular weight is 272 g/mol. The lowest BCUT2D eigenvalue weighted by molar-refractivity contribution is -0.137. The van der Waals surface area contributed by atoms with Gasteiger partial charge >= 0.3 is 0 Å². The molecule has 2 nitrogen and oxygen atoms in total. The number of halogens is 1. The second-order valence-corrected chi connectivity index (χ2v) is 6.67. The number of hydrogen-bond donors (Lipinski definition) is 0. The van der Waals surface area contributed by atoms with Gasteiger partial charge in [-0.25, -0.2) is 0 Å². The second-order valence-electron chi connectivity index (χ2n) is 6.11. The van der Waals surface area contributed by atoms with Crippen LogP contribution in [0.5, 0.6) is 0 Å². The number of carbonyl (C=O) groups excluding carboxylic acids is 1. The maximum Gasteiger partial charge on any atom is 0.225 e. The van der Waals surface area contributed by atoms with E-state index in [0.29, 0.717) is 17.7 Å². The van der Waals surface area contributed by atoms with Crippen molar-refractivity contribution in [2.75, 3.05) is 13.1 Å². The van der Waals surface area contributed by atoms with Crippen LogP contribution in [0.25, 0.3) is 0 Å². The monoisotopic (exact) mass is 271 g/mol. The van der Waals surface area contributed by atoms with E-state index in [9.17, 15) is 4.79 Å². The molecule has 104 valence electrons. The summed E-state index contributed by atoms with van der Waals surface area (Å²) in [6, 6.07) is 0. The zero-order valence-electron chi connectivity index (χ0n) is 11.5. The van der Waals surface area contributed by atoms with E-state index in [2.05, 4.69) is 11.8 Å². The van der Waals surface area contributed by atoms with Gasteiger partial charge in [0, 0.05) is 24.4 Å². The fourth-order valence-electron chi connectivity index (χ4n) is 3.28. The van der Waals surface area contributed by atoms with Gasteiger partial charge in [0.2, 0.25) is 5.91 Å². The predicted octanol–water partition coefficient (Wildman–Crippen LogP) is 3.82. The minimum absolute atomic E-state index is 0.256. The van der Waals surface area contributed by atoms with Crippen LogP contribution in [0.3, 0.4) is 0 Å². The fourth-order valence-corrected chi connectivity index (χ4v) is 3.46. The Kier molecular flexibility index (Phi) is 5.35. The van der Waals surface area contributed by atoms with Crippen molar-refractivity contribution in [1.82, 2.24) is 4.90 Å². The molecule has 3 heteroatoms. The summed E-state index contributed by atoms with van der Waals surface area (Å²) in [4.78, 5) is 14.6. The number of likely N-dealkylation sites (tertiary alicyclic amines) is 1. The van der Waals surface area contributed by atoms with Crippen LogP contribution >= 0.6 is 11.6 Å². The molecule has 18 heavy (non-hydrogen) atoms. The van der Waals surface area contributed by atoms with Crippen LogP contribution in [0.1, 0.15) is 58.3 Å². The van der Waals surface area contributed by atoms with Crippen molar-refractivity contribution < 1.29 is 4.79 Å². The van der Waals surface area contributed by atoms with Crippen LogP contribution in [0, 0.1) is 11.8 Å². The Bertz CT molecular complexity index is 267. The van der Waals surface area contributed by atoms with Crippen molar-refractivity contribution in [1.29, 1.82) is 0 Å². The lowest BCUT2D eigenvalue weighted by atomic mass is 9.89. The van der Waals surface area contributed by atoms with E-state index < -0.39 is 0 Å². The van der Waals surface area contributed by atoms with Gasteiger partial charge in [0.15, 0.2) is 0 Å². The molecule has 1 saturated carbocycles. The summed E-state index contributed by atoms with van der Waals surface area (Å²) < 4.78 is 0. The molecule has 1 aliphatic heterocycles. The molecule has 1 aliphatic carbocycles. The molecule has 2 rings (SSSR count). The van der Waals surface area contributed by atoms with Gasteiger partial charge in [-0.15, -0.1) is 11.6 Å². The van der Waals surface area contributed by atoms with E-state index in [1.807, 2.05) is 0 Å². The van der Waals surface area contributed by atoms with Gasteiger partial charge in [0.1, 0.15) is 0 Å². The van der Waals surface area contributed by atoms with E-state index >= 15 is 0 Å². The van der Waals surface area contributed by atoms with Gasteiger partial charge in [-0.3, -0.25) is 4.79 Å². The smallest absolute Gasteiger partial charge is 0.225 e. The van der Waals surface area contributed by atoms with E-state index in [4.69, 9.17) is 11.6 Å². The number of alkyl halides is 1. The molecule has 0 N–H and O–H groups in total. The lowest BCUT2D eigenvalue weighted by Gasteiger charge is -2.36. The van der Waals surface area contributed by atoms with Gasteiger partial charge in [-0.1, -0.05) is 39.0 Å². The normalized spacial score (nSPS) is 31.8. The van der Waals surface area contributed by atoms with Gasteiger partial charge in [0.05, 0.1) is 0 Å². The predicted molar refractivity (Wildman–Crippen MR) is 75.8 cm³/mol. The van der Waals surface area contributed by atoms with Crippen LogP contribution < -0.4 is 0 Å². The van der Waals surface area contributed by atoms with Crippen LogP contribution in [-0.4, -0.2) is 29.3 Å². The van der Waals surface area contributed by atoms with E-state index in [1.54, 1.807) is 0 Å². The van der Waals surface area contributed by atoms with Crippen LogP contribution in [0.4, 0.5) is 0 Å². The first-order valence-electron chi connectivity index (χ1n) is 7.61. The third-order valence-corrected chi connectivity index (χ3v) is 5.22. The van der Waals surface area contributed by atoms with Gasteiger partial charge in [-0.05, 0) is 25.2 Å². The van der Waals surface area contributed by atoms with Crippen molar-refractivity contribution in [3.63, 3.8) is 0 Å². The van der Waals surface area contributed by atoms with Crippen LogP contribution in [0.15, 0.2) is 0 Å². The first kappa shape index (κ1) is 14.2. The van der Waals surface area contributed by atoms with Crippen molar-refractivity contribution in [2.24, 2.45) is 11.8 Å². The van der Waals surface area contributed by atoms with E-state index in [-0.39, 0.29) is 5.38 Å². The Morgan fingerprint density at radius 1 is 1.06 bits per heavy atom. The molecule has 0 radical (unpaired) electrons. The summed E-state index contributed by atoms with van der Waals surface area (Å²) in [7, 11) is 0. The van der Waals surface area contributed by atoms with E-state index in [0.717, 1.165) is 32.4 Å². The molecule has 0 aromatic rings. The van der Waals surface area contributed by atoms with Crippen LogP contribution in [0.2, 0.25) is 0 Å². The second kappa shape index (κ2) is 6.79. The van der Waals surface area contributed by atoms with Gasteiger partial charge in [-0.2, -0.15) is 0 Å². The summed E-state index contributed by atoms with van der Waals surface area (Å²) in [5.41, 5.74) is 0. The molecule has 1 heterocycles. The Hall–Kier alpha value is -0.240. The first-order chi connectivity index (χ1) is 8.68. The Labute approximate surface area is 116 Å². The summed E-state index contributed by atoms with van der Waals surface area (Å²) >= 11 is 6.23. The summed E-state index contributed by atoms with van der Waals surface area (Å²) in [6.45, 7) is 3.90. The topological polar surface area (TPSA) is 20.3 Å². The highest BCUT2D eigenvalue weighted by atomic mass is 35.5. The number of nitrogens with zero attached hydrogens (tertiary/aromatic N) is 1. The minimum Gasteiger partial charge on any atom is -0.342 e. The Balaban J connectivity index is 1.88. The lowest BCUT2D eigenvalue weighted by Crippen LogP contribution is -2.46. The standard InChI is InChI=1S/C15H26ClNO/c1-12-11-17(10-9-14(12)16)15(18)13-7-5-3-2-4-6-8-13/h12-14H,2-11H2,1H3. The maximum absolute atomic E-state index is 12.6. The van der Waals surface area contributed by atoms with Crippen molar-refractivity contribution in [3.05, 3.63) is 0 Å². The Morgan fingerprint density at radius 2 is 1.67 bits per heavy atom. The van der Waals surface area contributed by atoms with Crippen molar-refractivity contribution >= 4 is 17.5 Å². The zero-order valence-corrected chi connectivity index (χ0v) is 12.3. The third kappa shape index (κ3) is 3.63. The maximum atomic E-state index is 12.6. The quantitative estimate of drug-likeness (QED) is 0.664. The highest BCUT2D eigenvalue weighted by molar-refractivity contribution is 6.20. The first-order valence-corrected chi connectivity index (χ1v) is 8.05. The molecule has 2 unspecified atom stereocenters. The molecule has 2 fully saturated rings. The van der Waals surface area contributed by atoms with Crippen molar-refractivity contribution in [2.45, 2.75) is 63.7 Å².